The predicted molar refractivity (Wildman–Crippen MR) is 81.6 cm³/mol. The minimum atomic E-state index is -0.993. The lowest BCUT2D eigenvalue weighted by molar-refractivity contribution is -0.156. The van der Waals surface area contributed by atoms with Crippen molar-refractivity contribution in [3.63, 3.8) is 0 Å². The van der Waals surface area contributed by atoms with Crippen LogP contribution >= 0.6 is 22.6 Å². The molecule has 7 heteroatoms. The number of aliphatic carboxylic acids is 1. The summed E-state index contributed by atoms with van der Waals surface area (Å²) >= 11 is 2.15. The molecule has 0 spiro atoms. The van der Waals surface area contributed by atoms with Crippen molar-refractivity contribution in [2.24, 2.45) is 0 Å². The van der Waals surface area contributed by atoms with Crippen LogP contribution in [0.15, 0.2) is 24.3 Å². The fourth-order valence-corrected chi connectivity index (χ4v) is 2.47. The van der Waals surface area contributed by atoms with E-state index in [4.69, 9.17) is 9.84 Å². The van der Waals surface area contributed by atoms with Crippen LogP contribution in [-0.4, -0.2) is 54.2 Å². The van der Waals surface area contributed by atoms with Crippen LogP contribution < -0.4 is 5.32 Å². The van der Waals surface area contributed by atoms with E-state index in [1.807, 2.05) is 24.3 Å². The molecule has 1 aliphatic heterocycles. The number of para-hydroxylation sites is 1. The molecule has 0 aliphatic carbocycles. The third kappa shape index (κ3) is 4.15. The first-order valence-electron chi connectivity index (χ1n) is 6.17. The van der Waals surface area contributed by atoms with E-state index in [0.717, 1.165) is 9.26 Å². The van der Waals surface area contributed by atoms with Crippen molar-refractivity contribution >= 4 is 40.2 Å². The Morgan fingerprint density at radius 2 is 2.20 bits per heavy atom. The Bertz CT molecular complexity index is 509. The topological polar surface area (TPSA) is 78.9 Å². The number of carbonyl (C=O) groups is 2. The molecule has 0 aromatic heterocycles. The smallest absolute Gasteiger partial charge is 0.334 e. The van der Waals surface area contributed by atoms with Gasteiger partial charge in [0.15, 0.2) is 6.10 Å². The summed E-state index contributed by atoms with van der Waals surface area (Å²) in [5, 5.41) is 11.7. The van der Waals surface area contributed by atoms with E-state index in [1.165, 1.54) is 0 Å². The SMILES string of the molecule is O=C(CN1CCOC(C(=O)O)C1)Nc1ccccc1I. The van der Waals surface area contributed by atoms with Gasteiger partial charge in [0, 0.05) is 16.7 Å². The number of benzene rings is 1. The summed E-state index contributed by atoms with van der Waals surface area (Å²) in [7, 11) is 0. The highest BCUT2D eigenvalue weighted by Crippen LogP contribution is 2.17. The summed E-state index contributed by atoms with van der Waals surface area (Å²) in [6, 6.07) is 7.49. The number of carboxylic acids is 1. The van der Waals surface area contributed by atoms with Crippen LogP contribution in [0.25, 0.3) is 0 Å². The third-order valence-corrected chi connectivity index (χ3v) is 3.88. The monoisotopic (exact) mass is 390 g/mol. The van der Waals surface area contributed by atoms with Gasteiger partial charge in [-0.25, -0.2) is 4.79 Å². The van der Waals surface area contributed by atoms with Crippen LogP contribution in [0.5, 0.6) is 0 Å². The molecule has 1 heterocycles. The third-order valence-electron chi connectivity index (χ3n) is 2.94. The number of halogens is 1. The van der Waals surface area contributed by atoms with E-state index in [0.29, 0.717) is 13.2 Å². The van der Waals surface area contributed by atoms with Gasteiger partial charge in [-0.3, -0.25) is 9.69 Å². The van der Waals surface area contributed by atoms with Gasteiger partial charge < -0.3 is 15.2 Å². The highest BCUT2D eigenvalue weighted by molar-refractivity contribution is 14.1. The quantitative estimate of drug-likeness (QED) is 0.751. The van der Waals surface area contributed by atoms with Crippen molar-refractivity contribution in [2.45, 2.75) is 6.10 Å². The summed E-state index contributed by atoms with van der Waals surface area (Å²) in [4.78, 5) is 24.6. The maximum absolute atomic E-state index is 12.0. The number of carbonyl (C=O) groups excluding carboxylic acids is 1. The molecule has 2 rings (SSSR count). The van der Waals surface area contributed by atoms with Crippen molar-refractivity contribution in [2.75, 3.05) is 31.6 Å². The molecule has 1 atom stereocenters. The van der Waals surface area contributed by atoms with Crippen molar-refractivity contribution in [3.05, 3.63) is 27.8 Å². The lowest BCUT2D eigenvalue weighted by atomic mass is 10.2. The lowest BCUT2D eigenvalue weighted by Crippen LogP contribution is -2.48. The molecule has 20 heavy (non-hydrogen) atoms. The average molecular weight is 390 g/mol. The Morgan fingerprint density at radius 1 is 1.45 bits per heavy atom. The number of ether oxygens (including phenoxy) is 1. The molecule has 1 aromatic rings. The molecule has 1 aliphatic rings. The van der Waals surface area contributed by atoms with E-state index in [9.17, 15) is 9.59 Å². The van der Waals surface area contributed by atoms with E-state index in [1.54, 1.807) is 4.90 Å². The molecule has 0 saturated carbocycles. The molecule has 1 unspecified atom stereocenters. The number of nitrogens with one attached hydrogen (secondary N) is 1. The second kappa shape index (κ2) is 7.00. The Balaban J connectivity index is 1.88. The first kappa shape index (κ1) is 15.2. The highest BCUT2D eigenvalue weighted by Gasteiger charge is 2.27. The van der Waals surface area contributed by atoms with Crippen LogP contribution in [0.1, 0.15) is 0 Å². The minimum absolute atomic E-state index is 0.153. The predicted octanol–water partition coefficient (Wildman–Crippen LogP) is 1.02. The van der Waals surface area contributed by atoms with Gasteiger partial charge in [-0.1, -0.05) is 12.1 Å². The second-order valence-corrected chi connectivity index (χ2v) is 5.62. The Labute approximate surface area is 130 Å². The van der Waals surface area contributed by atoms with Crippen LogP contribution in [-0.2, 0) is 14.3 Å². The Morgan fingerprint density at radius 3 is 2.90 bits per heavy atom. The van der Waals surface area contributed by atoms with Crippen molar-refractivity contribution < 1.29 is 19.4 Å². The van der Waals surface area contributed by atoms with Gasteiger partial charge in [0.05, 0.1) is 18.8 Å². The maximum atomic E-state index is 12.0. The van der Waals surface area contributed by atoms with Gasteiger partial charge in [0.25, 0.3) is 0 Å². The first-order valence-corrected chi connectivity index (χ1v) is 7.25. The number of hydrogen-bond donors (Lipinski definition) is 2. The van der Waals surface area contributed by atoms with Crippen LogP contribution in [0.4, 0.5) is 5.69 Å². The average Bonchev–Trinajstić information content (AvgIpc) is 2.41. The molecular weight excluding hydrogens is 375 g/mol. The molecule has 1 saturated heterocycles. The molecule has 0 bridgehead atoms. The molecule has 0 radical (unpaired) electrons. The number of anilines is 1. The van der Waals surface area contributed by atoms with Crippen LogP contribution in [0.2, 0.25) is 0 Å². The number of carboxylic acid groups (broad SMARTS) is 1. The van der Waals surface area contributed by atoms with Crippen molar-refractivity contribution in [1.29, 1.82) is 0 Å². The summed E-state index contributed by atoms with van der Waals surface area (Å²) in [6.07, 6.45) is -0.853. The van der Waals surface area contributed by atoms with E-state index in [2.05, 4.69) is 27.9 Å². The largest absolute Gasteiger partial charge is 0.479 e. The number of amides is 1. The van der Waals surface area contributed by atoms with E-state index >= 15 is 0 Å². The van der Waals surface area contributed by atoms with E-state index < -0.39 is 12.1 Å². The molecule has 1 aromatic carbocycles. The Hall–Kier alpha value is -1.19. The van der Waals surface area contributed by atoms with Crippen molar-refractivity contribution in [3.8, 4) is 0 Å². The van der Waals surface area contributed by atoms with Gasteiger partial charge in [0.1, 0.15) is 0 Å². The Kier molecular flexibility index (Phi) is 5.32. The molecule has 2 N–H and O–H groups in total. The zero-order valence-electron chi connectivity index (χ0n) is 10.7. The van der Waals surface area contributed by atoms with Gasteiger partial charge in [-0.05, 0) is 34.7 Å². The zero-order valence-corrected chi connectivity index (χ0v) is 12.9. The molecule has 108 valence electrons. The lowest BCUT2D eigenvalue weighted by Gasteiger charge is -2.30. The number of rotatable bonds is 4. The van der Waals surface area contributed by atoms with Gasteiger partial charge in [0.2, 0.25) is 5.91 Å². The van der Waals surface area contributed by atoms with Gasteiger partial charge >= 0.3 is 5.97 Å². The first-order chi connectivity index (χ1) is 9.56. The number of morpholine rings is 1. The number of nitrogens with zero attached hydrogens (tertiary/aromatic N) is 1. The van der Waals surface area contributed by atoms with E-state index in [-0.39, 0.29) is 19.0 Å². The normalized spacial score (nSPS) is 19.6. The van der Waals surface area contributed by atoms with Crippen molar-refractivity contribution in [1.82, 2.24) is 4.90 Å². The zero-order chi connectivity index (χ0) is 14.5. The summed E-state index contributed by atoms with van der Waals surface area (Å²) in [5.74, 6) is -1.15. The maximum Gasteiger partial charge on any atom is 0.334 e. The minimum Gasteiger partial charge on any atom is -0.479 e. The summed E-state index contributed by atoms with van der Waals surface area (Å²) < 4.78 is 6.08. The van der Waals surface area contributed by atoms with Gasteiger partial charge in [-0.15, -0.1) is 0 Å². The summed E-state index contributed by atoms with van der Waals surface area (Å²) in [6.45, 7) is 1.28. The highest BCUT2D eigenvalue weighted by atomic mass is 127. The molecule has 6 nitrogen and oxygen atoms in total. The molecule has 1 fully saturated rings. The summed E-state index contributed by atoms with van der Waals surface area (Å²) in [5.41, 5.74) is 0.765. The van der Waals surface area contributed by atoms with Gasteiger partial charge in [-0.2, -0.15) is 0 Å². The fraction of sp³-hybridized carbons (Fsp3) is 0.385. The molecular formula is C13H15IN2O4. The fourth-order valence-electron chi connectivity index (χ4n) is 1.95. The second-order valence-electron chi connectivity index (χ2n) is 4.46. The number of hydrogen-bond acceptors (Lipinski definition) is 4. The van der Waals surface area contributed by atoms with Crippen LogP contribution in [0.3, 0.4) is 0 Å². The molecule has 1 amide bonds. The van der Waals surface area contributed by atoms with Crippen LogP contribution in [0, 0.1) is 3.57 Å². The standard InChI is InChI=1S/C13H15IN2O4/c14-9-3-1-2-4-10(9)15-12(17)8-16-5-6-20-11(7-16)13(18)19/h1-4,11H,5-8H2,(H,15,17)(H,18,19).